The van der Waals surface area contributed by atoms with E-state index in [9.17, 15) is 0 Å². The van der Waals surface area contributed by atoms with Gasteiger partial charge in [-0.3, -0.25) is 0 Å². The molecule has 0 aromatic carbocycles. The molecular weight excluding hydrogens is 263 g/mol. The van der Waals surface area contributed by atoms with E-state index in [2.05, 4.69) is 19.1 Å². The van der Waals surface area contributed by atoms with Crippen LogP contribution in [0.25, 0.3) is 0 Å². The van der Waals surface area contributed by atoms with Gasteiger partial charge in [0.05, 0.1) is 0 Å². The maximum absolute atomic E-state index is 8.96. The lowest BCUT2D eigenvalue weighted by Crippen LogP contribution is -1.92. The second kappa shape index (κ2) is 9.52. The monoisotopic (exact) mass is 282 g/mol. The van der Waals surface area contributed by atoms with Crippen LogP contribution in [0.2, 0.25) is 0 Å². The van der Waals surface area contributed by atoms with Crippen LogP contribution in [-0.2, 0) is 0 Å². The van der Waals surface area contributed by atoms with Crippen molar-refractivity contribution in [2.45, 2.75) is 49.6 Å². The quantitative estimate of drug-likeness (QED) is 0.327. The van der Waals surface area contributed by atoms with Crippen LogP contribution in [-0.4, -0.2) is 9.22 Å². The Kier molecular flexibility index (Phi) is 9.86. The van der Waals surface area contributed by atoms with E-state index in [1.165, 1.54) is 19.3 Å². The van der Waals surface area contributed by atoms with E-state index in [0.717, 1.165) is 19.3 Å². The largest absolute Gasteiger partial charge is 0.383 e. The zero-order valence-corrected chi connectivity index (χ0v) is 9.96. The average molecular weight is 282 g/mol. The van der Waals surface area contributed by atoms with Crippen molar-refractivity contribution < 1.29 is 5.11 Å². The number of hydrogen-bond acceptors (Lipinski definition) is 1. The summed E-state index contributed by atoms with van der Waals surface area (Å²) in [5, 5.41) is 8.96. The molecule has 0 aromatic heterocycles. The minimum absolute atomic E-state index is 0.161. The van der Waals surface area contributed by atoms with Crippen LogP contribution >= 0.6 is 22.6 Å². The maximum atomic E-state index is 8.96. The Balaban J connectivity index is 3.03. The lowest BCUT2D eigenvalue weighted by Gasteiger charge is -1.98. The molecule has 0 aliphatic rings. The zero-order chi connectivity index (χ0) is 9.23. The number of unbranched alkanes of at least 4 members (excludes halogenated alkanes) is 3. The van der Waals surface area contributed by atoms with E-state index >= 15 is 0 Å². The fourth-order valence-corrected chi connectivity index (χ4v) is 1.40. The number of allylic oxidation sites excluding steroid dienone is 2. The van der Waals surface area contributed by atoms with Crippen LogP contribution in [0.1, 0.15) is 45.4 Å². The van der Waals surface area contributed by atoms with Gasteiger partial charge in [-0.2, -0.15) is 0 Å². The van der Waals surface area contributed by atoms with Gasteiger partial charge >= 0.3 is 0 Å². The maximum Gasteiger partial charge on any atom is 0.105 e. The molecule has 0 heterocycles. The average Bonchev–Trinajstić information content (AvgIpc) is 2.02. The summed E-state index contributed by atoms with van der Waals surface area (Å²) < 4.78 is -0.161. The van der Waals surface area contributed by atoms with E-state index in [1.54, 1.807) is 0 Å². The first-order chi connectivity index (χ1) is 5.77. The van der Waals surface area contributed by atoms with Crippen molar-refractivity contribution in [2.24, 2.45) is 0 Å². The van der Waals surface area contributed by atoms with Crippen molar-refractivity contribution in [3.05, 3.63) is 12.2 Å². The van der Waals surface area contributed by atoms with Crippen molar-refractivity contribution in [2.75, 3.05) is 0 Å². The fraction of sp³-hybridized carbons (Fsp3) is 0.800. The number of hydrogen-bond donors (Lipinski definition) is 1. The van der Waals surface area contributed by atoms with Gasteiger partial charge in [0.1, 0.15) is 4.11 Å². The molecule has 0 aromatic rings. The first-order valence-corrected chi connectivity index (χ1v) is 5.99. The molecular formula is C10H19IO. The van der Waals surface area contributed by atoms with Crippen LogP contribution < -0.4 is 0 Å². The highest BCUT2D eigenvalue weighted by Crippen LogP contribution is 2.07. The Morgan fingerprint density at radius 2 is 1.83 bits per heavy atom. The Labute approximate surface area is 89.4 Å². The smallest absolute Gasteiger partial charge is 0.105 e. The summed E-state index contributed by atoms with van der Waals surface area (Å²) in [7, 11) is 0. The van der Waals surface area contributed by atoms with Gasteiger partial charge in [0.15, 0.2) is 0 Å². The van der Waals surface area contributed by atoms with E-state index in [-0.39, 0.29) is 4.11 Å². The lowest BCUT2D eigenvalue weighted by molar-refractivity contribution is 0.265. The molecule has 0 saturated heterocycles. The second-order valence-corrected chi connectivity index (χ2v) is 4.42. The van der Waals surface area contributed by atoms with E-state index < -0.39 is 0 Å². The highest BCUT2D eigenvalue weighted by atomic mass is 127. The Morgan fingerprint density at radius 1 is 1.25 bits per heavy atom. The Bertz CT molecular complexity index is 110. The van der Waals surface area contributed by atoms with E-state index in [4.69, 9.17) is 5.11 Å². The molecule has 0 aliphatic heterocycles. The number of rotatable bonds is 7. The minimum Gasteiger partial charge on any atom is -0.383 e. The van der Waals surface area contributed by atoms with Gasteiger partial charge in [-0.05, 0) is 25.7 Å². The predicted molar refractivity (Wildman–Crippen MR) is 62.5 cm³/mol. The summed E-state index contributed by atoms with van der Waals surface area (Å²) in [5.74, 6) is 0. The number of aliphatic hydroxyl groups is 1. The molecule has 0 saturated carbocycles. The third-order valence-electron chi connectivity index (χ3n) is 1.70. The lowest BCUT2D eigenvalue weighted by atomic mass is 10.2. The van der Waals surface area contributed by atoms with Crippen LogP contribution in [0.15, 0.2) is 12.2 Å². The topological polar surface area (TPSA) is 20.2 Å². The summed E-state index contributed by atoms with van der Waals surface area (Å²) in [6, 6.07) is 0. The van der Waals surface area contributed by atoms with Crippen molar-refractivity contribution in [3.63, 3.8) is 0 Å². The normalized spacial score (nSPS) is 13.9. The van der Waals surface area contributed by atoms with Gasteiger partial charge in [0.2, 0.25) is 0 Å². The molecule has 0 fully saturated rings. The summed E-state index contributed by atoms with van der Waals surface area (Å²) in [4.78, 5) is 0. The molecule has 0 bridgehead atoms. The molecule has 0 rings (SSSR count). The molecule has 1 atom stereocenters. The Hall–Kier alpha value is 0.430. The molecule has 72 valence electrons. The molecule has 1 N–H and O–H groups in total. The number of alkyl halides is 1. The highest BCUT2D eigenvalue weighted by Gasteiger charge is 1.93. The van der Waals surface area contributed by atoms with Crippen LogP contribution in [0, 0.1) is 0 Å². The van der Waals surface area contributed by atoms with Crippen LogP contribution in [0.5, 0.6) is 0 Å². The second-order valence-electron chi connectivity index (χ2n) is 2.98. The van der Waals surface area contributed by atoms with Gasteiger partial charge in [-0.25, -0.2) is 0 Å². The van der Waals surface area contributed by atoms with Gasteiger partial charge in [0, 0.05) is 0 Å². The van der Waals surface area contributed by atoms with Crippen molar-refractivity contribution in [1.82, 2.24) is 0 Å². The first kappa shape index (κ1) is 12.4. The summed E-state index contributed by atoms with van der Waals surface area (Å²) in [5.41, 5.74) is 0. The third-order valence-corrected chi connectivity index (χ3v) is 2.33. The SMILES string of the molecule is CCCCC=CCCCC(O)I. The fourth-order valence-electron chi connectivity index (χ4n) is 0.962. The third kappa shape index (κ3) is 10.4. The molecule has 1 unspecified atom stereocenters. The van der Waals surface area contributed by atoms with Crippen molar-refractivity contribution >= 4 is 22.6 Å². The summed E-state index contributed by atoms with van der Waals surface area (Å²) in [6.45, 7) is 2.21. The van der Waals surface area contributed by atoms with Gasteiger partial charge in [-0.1, -0.05) is 54.5 Å². The van der Waals surface area contributed by atoms with E-state index in [1.807, 2.05) is 22.6 Å². The predicted octanol–water partition coefficient (Wildman–Crippen LogP) is 3.66. The molecule has 0 radical (unpaired) electrons. The minimum atomic E-state index is -0.161. The van der Waals surface area contributed by atoms with Crippen LogP contribution in [0.4, 0.5) is 0 Å². The van der Waals surface area contributed by atoms with Crippen molar-refractivity contribution in [3.8, 4) is 0 Å². The zero-order valence-electron chi connectivity index (χ0n) is 7.80. The van der Waals surface area contributed by atoms with Crippen molar-refractivity contribution in [1.29, 1.82) is 0 Å². The molecule has 0 spiro atoms. The van der Waals surface area contributed by atoms with Gasteiger partial charge < -0.3 is 5.11 Å². The standard InChI is InChI=1S/C10H19IO/c1-2-3-4-5-6-7-8-9-10(11)12/h5-6,10,12H,2-4,7-9H2,1H3. The first-order valence-electron chi connectivity index (χ1n) is 4.74. The molecule has 0 aliphatic carbocycles. The summed E-state index contributed by atoms with van der Waals surface area (Å²) >= 11 is 2.05. The van der Waals surface area contributed by atoms with E-state index in [0.29, 0.717) is 0 Å². The van der Waals surface area contributed by atoms with Gasteiger partial charge in [0.25, 0.3) is 0 Å². The number of aliphatic hydroxyl groups excluding tert-OH is 1. The van der Waals surface area contributed by atoms with Crippen LogP contribution in [0.3, 0.4) is 0 Å². The van der Waals surface area contributed by atoms with Gasteiger partial charge in [-0.15, -0.1) is 0 Å². The Morgan fingerprint density at radius 3 is 2.33 bits per heavy atom. The molecule has 1 nitrogen and oxygen atoms in total. The number of halogens is 1. The highest BCUT2D eigenvalue weighted by molar-refractivity contribution is 14.1. The molecule has 2 heteroatoms. The molecule has 12 heavy (non-hydrogen) atoms. The molecule has 0 amide bonds. The summed E-state index contributed by atoms with van der Waals surface area (Å²) in [6.07, 6.45) is 11.4.